The van der Waals surface area contributed by atoms with Crippen LogP contribution in [0.3, 0.4) is 0 Å². The third-order valence-electron chi connectivity index (χ3n) is 6.09. The van der Waals surface area contributed by atoms with Crippen LogP contribution in [0, 0.1) is 0 Å². The Balaban J connectivity index is 1.63. The number of sulfone groups is 1. The zero-order valence-electron chi connectivity index (χ0n) is 18.9. The number of hydrogen-bond acceptors (Lipinski definition) is 7. The number of hydrogen-bond donors (Lipinski definition) is 0. The third kappa shape index (κ3) is 6.15. The Hall–Kier alpha value is -2.29. The molecule has 32 heavy (non-hydrogen) atoms. The van der Waals surface area contributed by atoms with Gasteiger partial charge in [0.1, 0.15) is 0 Å². The molecule has 178 valence electrons. The summed E-state index contributed by atoms with van der Waals surface area (Å²) in [6, 6.07) is 4.44. The molecule has 8 nitrogen and oxygen atoms in total. The van der Waals surface area contributed by atoms with Gasteiger partial charge in [-0.25, -0.2) is 13.2 Å². The minimum Gasteiger partial charge on any atom is -0.493 e. The number of unbranched alkanes of at least 4 members (excludes halogenated alkanes) is 1. The molecule has 1 aromatic rings. The van der Waals surface area contributed by atoms with E-state index < -0.39 is 22.4 Å². The number of carbonyl (C=O) groups is 2. The Bertz CT molecular complexity index is 909. The van der Waals surface area contributed by atoms with E-state index in [2.05, 4.69) is 6.92 Å². The van der Waals surface area contributed by atoms with Gasteiger partial charge in [-0.1, -0.05) is 26.2 Å². The normalized spacial score (nSPS) is 20.1. The lowest BCUT2D eigenvalue weighted by atomic mass is 10.1. The van der Waals surface area contributed by atoms with Crippen molar-refractivity contribution in [3.05, 3.63) is 23.8 Å². The van der Waals surface area contributed by atoms with Crippen molar-refractivity contribution < 1.29 is 32.2 Å². The van der Waals surface area contributed by atoms with E-state index in [0.717, 1.165) is 38.5 Å². The lowest BCUT2D eigenvalue weighted by molar-refractivity contribution is -0.139. The maximum Gasteiger partial charge on any atom is 0.338 e. The summed E-state index contributed by atoms with van der Waals surface area (Å²) in [5.74, 6) is 0.0791. The van der Waals surface area contributed by atoms with Gasteiger partial charge in [0.2, 0.25) is 0 Å². The van der Waals surface area contributed by atoms with Crippen LogP contribution >= 0.6 is 0 Å². The van der Waals surface area contributed by atoms with Gasteiger partial charge < -0.3 is 19.1 Å². The van der Waals surface area contributed by atoms with Crippen molar-refractivity contribution >= 4 is 21.7 Å². The first-order valence-corrected chi connectivity index (χ1v) is 13.2. The Morgan fingerprint density at radius 1 is 1.09 bits per heavy atom. The van der Waals surface area contributed by atoms with Crippen LogP contribution in [-0.2, 0) is 19.4 Å². The summed E-state index contributed by atoms with van der Waals surface area (Å²) in [6.07, 6.45) is 6.09. The van der Waals surface area contributed by atoms with Gasteiger partial charge >= 0.3 is 5.97 Å². The molecule has 0 bridgehead atoms. The van der Waals surface area contributed by atoms with E-state index in [4.69, 9.17) is 14.2 Å². The quantitative estimate of drug-likeness (QED) is 0.385. The number of benzene rings is 1. The molecule has 1 saturated carbocycles. The molecule has 1 aromatic carbocycles. The van der Waals surface area contributed by atoms with Gasteiger partial charge in [0, 0.05) is 12.1 Å². The fourth-order valence-corrected chi connectivity index (χ4v) is 6.12. The summed E-state index contributed by atoms with van der Waals surface area (Å²) >= 11 is 0. The highest BCUT2D eigenvalue weighted by atomic mass is 32.2. The predicted molar refractivity (Wildman–Crippen MR) is 120 cm³/mol. The molecule has 1 saturated heterocycles. The zero-order chi connectivity index (χ0) is 23.1. The highest BCUT2D eigenvalue weighted by Gasteiger charge is 2.39. The molecule has 3 rings (SSSR count). The van der Waals surface area contributed by atoms with Crippen LogP contribution in [-0.4, -0.2) is 69.1 Å². The maximum absolute atomic E-state index is 13.0. The first kappa shape index (κ1) is 24.4. The number of carbonyl (C=O) groups excluding carboxylic acids is 2. The van der Waals surface area contributed by atoms with Crippen molar-refractivity contribution in [2.24, 2.45) is 0 Å². The van der Waals surface area contributed by atoms with Gasteiger partial charge in [-0.2, -0.15) is 0 Å². The van der Waals surface area contributed by atoms with Crippen molar-refractivity contribution in [3.63, 3.8) is 0 Å². The monoisotopic (exact) mass is 467 g/mol. The summed E-state index contributed by atoms with van der Waals surface area (Å²) < 4.78 is 40.2. The summed E-state index contributed by atoms with van der Waals surface area (Å²) in [4.78, 5) is 27.2. The SMILES string of the molecule is CCCCOc1ccc(C(=O)OCC(=O)N(C2CCCC2)C2CCS(=O)(=O)C2)cc1OC. The number of esters is 1. The summed E-state index contributed by atoms with van der Waals surface area (Å²) in [7, 11) is -1.63. The lowest BCUT2D eigenvalue weighted by Gasteiger charge is -2.33. The van der Waals surface area contributed by atoms with E-state index in [9.17, 15) is 18.0 Å². The van der Waals surface area contributed by atoms with Gasteiger partial charge in [-0.05, 0) is 43.9 Å². The Morgan fingerprint density at radius 2 is 1.84 bits per heavy atom. The van der Waals surface area contributed by atoms with E-state index in [1.807, 2.05) is 0 Å². The van der Waals surface area contributed by atoms with E-state index >= 15 is 0 Å². The van der Waals surface area contributed by atoms with Crippen LogP contribution in [0.1, 0.15) is 62.2 Å². The molecule has 1 atom stereocenters. The molecule has 1 aliphatic carbocycles. The van der Waals surface area contributed by atoms with Crippen molar-refractivity contribution in [2.45, 2.75) is 64.0 Å². The van der Waals surface area contributed by atoms with Crippen molar-refractivity contribution in [1.82, 2.24) is 4.90 Å². The van der Waals surface area contributed by atoms with Gasteiger partial charge in [-0.3, -0.25) is 4.79 Å². The number of nitrogens with zero attached hydrogens (tertiary/aromatic N) is 1. The molecule has 1 amide bonds. The fraction of sp³-hybridized carbons (Fsp3) is 0.652. The lowest BCUT2D eigenvalue weighted by Crippen LogP contribution is -2.48. The molecule has 0 radical (unpaired) electrons. The second-order valence-corrected chi connectivity index (χ2v) is 10.7. The third-order valence-corrected chi connectivity index (χ3v) is 7.84. The number of amides is 1. The van der Waals surface area contributed by atoms with Crippen LogP contribution in [0.15, 0.2) is 18.2 Å². The molecular weight excluding hydrogens is 434 g/mol. The standard InChI is InChI=1S/C23H33NO7S/c1-3-4-12-30-20-10-9-17(14-21(20)29-2)23(26)31-15-22(25)24(18-7-5-6-8-18)19-11-13-32(27,28)16-19/h9-10,14,18-19H,3-8,11-13,15-16H2,1-2H3. The average Bonchev–Trinajstić information content (AvgIpc) is 3.42. The van der Waals surface area contributed by atoms with Gasteiger partial charge in [0.25, 0.3) is 5.91 Å². The van der Waals surface area contributed by atoms with E-state index in [0.29, 0.717) is 24.5 Å². The van der Waals surface area contributed by atoms with Gasteiger partial charge in [0.15, 0.2) is 27.9 Å². The molecule has 0 N–H and O–H groups in total. The number of ether oxygens (including phenoxy) is 3. The van der Waals surface area contributed by atoms with Gasteiger partial charge in [-0.15, -0.1) is 0 Å². The minimum absolute atomic E-state index is 0.0131. The average molecular weight is 468 g/mol. The number of methoxy groups -OCH3 is 1. The summed E-state index contributed by atoms with van der Waals surface area (Å²) in [5, 5.41) is 0. The Labute approximate surface area is 190 Å². The van der Waals surface area contributed by atoms with Crippen molar-refractivity contribution in [1.29, 1.82) is 0 Å². The molecular formula is C23H33NO7S. The largest absolute Gasteiger partial charge is 0.493 e. The predicted octanol–water partition coefficient (Wildman–Crippen LogP) is 2.99. The molecule has 2 fully saturated rings. The van der Waals surface area contributed by atoms with Crippen molar-refractivity contribution in [2.75, 3.05) is 31.8 Å². The molecule has 1 heterocycles. The second kappa shape index (κ2) is 11.0. The summed E-state index contributed by atoms with van der Waals surface area (Å²) in [5.41, 5.74) is 0.258. The zero-order valence-corrected chi connectivity index (χ0v) is 19.7. The molecule has 1 unspecified atom stereocenters. The molecule has 1 aliphatic heterocycles. The molecule has 0 aromatic heterocycles. The minimum atomic E-state index is -3.13. The second-order valence-electron chi connectivity index (χ2n) is 8.44. The summed E-state index contributed by atoms with van der Waals surface area (Å²) in [6.45, 7) is 2.21. The Morgan fingerprint density at radius 3 is 2.47 bits per heavy atom. The maximum atomic E-state index is 13.0. The first-order chi connectivity index (χ1) is 15.3. The van der Waals surface area contributed by atoms with Gasteiger partial charge in [0.05, 0.1) is 30.8 Å². The topological polar surface area (TPSA) is 99.2 Å². The van der Waals surface area contributed by atoms with E-state index in [1.165, 1.54) is 13.2 Å². The highest BCUT2D eigenvalue weighted by Crippen LogP contribution is 2.30. The Kier molecular flexibility index (Phi) is 8.39. The fourth-order valence-electron chi connectivity index (χ4n) is 4.41. The van der Waals surface area contributed by atoms with Crippen LogP contribution in [0.5, 0.6) is 11.5 Å². The smallest absolute Gasteiger partial charge is 0.338 e. The molecule has 2 aliphatic rings. The van der Waals surface area contributed by atoms with E-state index in [-0.39, 0.29) is 35.1 Å². The van der Waals surface area contributed by atoms with Crippen LogP contribution in [0.4, 0.5) is 0 Å². The molecule has 9 heteroatoms. The van der Waals surface area contributed by atoms with E-state index in [1.54, 1.807) is 17.0 Å². The van der Waals surface area contributed by atoms with Crippen LogP contribution in [0.2, 0.25) is 0 Å². The van der Waals surface area contributed by atoms with Crippen LogP contribution < -0.4 is 9.47 Å². The van der Waals surface area contributed by atoms with Crippen LogP contribution in [0.25, 0.3) is 0 Å². The highest BCUT2D eigenvalue weighted by molar-refractivity contribution is 7.91. The molecule has 0 spiro atoms. The van der Waals surface area contributed by atoms with Crippen molar-refractivity contribution in [3.8, 4) is 11.5 Å². The number of rotatable bonds is 10. The first-order valence-electron chi connectivity index (χ1n) is 11.3.